The summed E-state index contributed by atoms with van der Waals surface area (Å²) in [6.07, 6.45) is 6.18. The van der Waals surface area contributed by atoms with Gasteiger partial charge >= 0.3 is 0 Å². The van der Waals surface area contributed by atoms with Crippen molar-refractivity contribution in [2.24, 2.45) is 5.92 Å². The lowest BCUT2D eigenvalue weighted by Gasteiger charge is -2.17. The summed E-state index contributed by atoms with van der Waals surface area (Å²) < 4.78 is 13.2. The van der Waals surface area contributed by atoms with E-state index in [4.69, 9.17) is 0 Å². The van der Waals surface area contributed by atoms with E-state index in [1.807, 2.05) is 0 Å². The SMILES string of the molecule is CC1CCCC(NCc2cccc(F)c2O)CC1. The molecule has 100 valence electrons. The zero-order chi connectivity index (χ0) is 13.0. The van der Waals surface area contributed by atoms with Crippen LogP contribution in [0.5, 0.6) is 5.75 Å². The van der Waals surface area contributed by atoms with E-state index >= 15 is 0 Å². The summed E-state index contributed by atoms with van der Waals surface area (Å²) >= 11 is 0. The fourth-order valence-electron chi connectivity index (χ4n) is 2.65. The van der Waals surface area contributed by atoms with Gasteiger partial charge in [0.15, 0.2) is 11.6 Å². The van der Waals surface area contributed by atoms with Gasteiger partial charge in [-0.05, 0) is 31.2 Å². The van der Waals surface area contributed by atoms with Crippen LogP contribution in [0.15, 0.2) is 18.2 Å². The summed E-state index contributed by atoms with van der Waals surface area (Å²) in [6.45, 7) is 2.85. The molecule has 2 rings (SSSR count). The molecule has 3 heteroatoms. The summed E-state index contributed by atoms with van der Waals surface area (Å²) in [5, 5.41) is 13.0. The van der Waals surface area contributed by atoms with Crippen LogP contribution in [0, 0.1) is 11.7 Å². The molecule has 2 atom stereocenters. The summed E-state index contributed by atoms with van der Waals surface area (Å²) in [5.74, 6) is 0.0650. The van der Waals surface area contributed by atoms with Gasteiger partial charge in [0.25, 0.3) is 0 Å². The van der Waals surface area contributed by atoms with Crippen LogP contribution < -0.4 is 5.32 Å². The lowest BCUT2D eigenvalue weighted by atomic mass is 10.0. The molecule has 1 fully saturated rings. The smallest absolute Gasteiger partial charge is 0.165 e. The van der Waals surface area contributed by atoms with Crippen LogP contribution in [0.4, 0.5) is 4.39 Å². The van der Waals surface area contributed by atoms with Crippen molar-refractivity contribution in [2.45, 2.75) is 51.6 Å². The van der Waals surface area contributed by atoms with Crippen LogP contribution >= 0.6 is 0 Å². The molecule has 0 aromatic heterocycles. The highest BCUT2D eigenvalue weighted by atomic mass is 19.1. The third-order valence-electron chi connectivity index (χ3n) is 3.91. The largest absolute Gasteiger partial charge is 0.505 e. The Bertz CT molecular complexity index is 394. The first-order chi connectivity index (χ1) is 8.66. The Morgan fingerprint density at radius 3 is 2.94 bits per heavy atom. The molecule has 1 aliphatic carbocycles. The lowest BCUT2D eigenvalue weighted by Crippen LogP contribution is -2.28. The molecule has 0 heterocycles. The van der Waals surface area contributed by atoms with Gasteiger partial charge in [0.05, 0.1) is 0 Å². The van der Waals surface area contributed by atoms with Crippen LogP contribution in [0.1, 0.15) is 44.6 Å². The molecule has 1 aliphatic rings. The molecule has 2 N–H and O–H groups in total. The van der Waals surface area contributed by atoms with Crippen LogP contribution in [0.3, 0.4) is 0 Å². The molecule has 0 amide bonds. The summed E-state index contributed by atoms with van der Waals surface area (Å²) in [4.78, 5) is 0. The number of phenols is 1. The normalized spacial score (nSPS) is 24.8. The average Bonchev–Trinajstić information content (AvgIpc) is 2.56. The zero-order valence-corrected chi connectivity index (χ0v) is 11.0. The number of benzene rings is 1. The van der Waals surface area contributed by atoms with E-state index in [1.165, 1.54) is 38.2 Å². The molecule has 2 unspecified atom stereocenters. The Kier molecular flexibility index (Phi) is 4.59. The molecule has 1 aromatic rings. The van der Waals surface area contributed by atoms with Gasteiger partial charge in [0, 0.05) is 18.2 Å². The topological polar surface area (TPSA) is 32.3 Å². The summed E-state index contributed by atoms with van der Waals surface area (Å²) in [6, 6.07) is 5.19. The van der Waals surface area contributed by atoms with Crippen LogP contribution in [0.2, 0.25) is 0 Å². The van der Waals surface area contributed by atoms with E-state index < -0.39 is 5.82 Å². The number of nitrogens with one attached hydrogen (secondary N) is 1. The molecule has 0 radical (unpaired) electrons. The monoisotopic (exact) mass is 251 g/mol. The predicted octanol–water partition coefficient (Wildman–Crippen LogP) is 3.59. The Balaban J connectivity index is 1.89. The second-order valence-corrected chi connectivity index (χ2v) is 5.44. The van der Waals surface area contributed by atoms with Gasteiger partial charge in [0.2, 0.25) is 0 Å². The number of aromatic hydroxyl groups is 1. The van der Waals surface area contributed by atoms with Gasteiger partial charge in [-0.15, -0.1) is 0 Å². The molecule has 1 aromatic carbocycles. The maximum atomic E-state index is 13.2. The number of halogens is 1. The average molecular weight is 251 g/mol. The fraction of sp³-hybridized carbons (Fsp3) is 0.600. The van der Waals surface area contributed by atoms with E-state index in [0.717, 1.165) is 5.92 Å². The van der Waals surface area contributed by atoms with Gasteiger partial charge in [-0.3, -0.25) is 0 Å². The number of hydrogen-bond donors (Lipinski definition) is 2. The number of para-hydroxylation sites is 1. The first-order valence-electron chi connectivity index (χ1n) is 6.86. The van der Waals surface area contributed by atoms with Gasteiger partial charge in [-0.25, -0.2) is 4.39 Å². The summed E-state index contributed by atoms with van der Waals surface area (Å²) in [5.41, 5.74) is 0.646. The second kappa shape index (κ2) is 6.19. The Labute approximate surface area is 108 Å². The second-order valence-electron chi connectivity index (χ2n) is 5.44. The van der Waals surface area contributed by atoms with Crippen molar-refractivity contribution >= 4 is 0 Å². The van der Waals surface area contributed by atoms with Crippen molar-refractivity contribution in [3.8, 4) is 5.75 Å². The number of hydrogen-bond acceptors (Lipinski definition) is 2. The van der Waals surface area contributed by atoms with E-state index in [-0.39, 0.29) is 5.75 Å². The van der Waals surface area contributed by atoms with E-state index in [9.17, 15) is 9.50 Å². The maximum absolute atomic E-state index is 13.2. The Morgan fingerprint density at radius 2 is 2.11 bits per heavy atom. The van der Waals surface area contributed by atoms with Crippen molar-refractivity contribution in [2.75, 3.05) is 0 Å². The van der Waals surface area contributed by atoms with E-state index in [1.54, 1.807) is 12.1 Å². The Morgan fingerprint density at radius 1 is 1.28 bits per heavy atom. The van der Waals surface area contributed by atoms with E-state index in [0.29, 0.717) is 18.2 Å². The number of rotatable bonds is 3. The first-order valence-corrected chi connectivity index (χ1v) is 6.86. The van der Waals surface area contributed by atoms with Crippen molar-refractivity contribution < 1.29 is 9.50 Å². The van der Waals surface area contributed by atoms with Crippen molar-refractivity contribution in [3.05, 3.63) is 29.6 Å². The third-order valence-corrected chi connectivity index (χ3v) is 3.91. The van der Waals surface area contributed by atoms with Crippen LogP contribution in [-0.2, 0) is 6.54 Å². The van der Waals surface area contributed by atoms with Crippen LogP contribution in [0.25, 0.3) is 0 Å². The molecular weight excluding hydrogens is 229 g/mol. The molecule has 0 spiro atoms. The third kappa shape index (κ3) is 3.45. The fourth-order valence-corrected chi connectivity index (χ4v) is 2.65. The van der Waals surface area contributed by atoms with Crippen molar-refractivity contribution in [1.29, 1.82) is 0 Å². The highest BCUT2D eigenvalue weighted by Crippen LogP contribution is 2.24. The van der Waals surface area contributed by atoms with Crippen LogP contribution in [-0.4, -0.2) is 11.1 Å². The molecule has 1 saturated carbocycles. The van der Waals surface area contributed by atoms with Gasteiger partial charge < -0.3 is 10.4 Å². The minimum atomic E-state index is -0.538. The highest BCUT2D eigenvalue weighted by molar-refractivity contribution is 5.33. The molecule has 0 bridgehead atoms. The maximum Gasteiger partial charge on any atom is 0.165 e. The van der Waals surface area contributed by atoms with Crippen molar-refractivity contribution in [3.63, 3.8) is 0 Å². The molecular formula is C15H22FNO. The quantitative estimate of drug-likeness (QED) is 0.805. The van der Waals surface area contributed by atoms with Gasteiger partial charge in [0.1, 0.15) is 0 Å². The highest BCUT2D eigenvalue weighted by Gasteiger charge is 2.16. The zero-order valence-electron chi connectivity index (χ0n) is 11.0. The summed E-state index contributed by atoms with van der Waals surface area (Å²) in [7, 11) is 0. The van der Waals surface area contributed by atoms with E-state index in [2.05, 4.69) is 12.2 Å². The van der Waals surface area contributed by atoms with Gasteiger partial charge in [-0.2, -0.15) is 0 Å². The first kappa shape index (κ1) is 13.3. The molecule has 0 aliphatic heterocycles. The van der Waals surface area contributed by atoms with Gasteiger partial charge in [-0.1, -0.05) is 31.9 Å². The molecule has 2 nitrogen and oxygen atoms in total. The molecule has 0 saturated heterocycles. The number of phenolic OH excluding ortho intramolecular Hbond substituents is 1. The molecule has 18 heavy (non-hydrogen) atoms. The van der Waals surface area contributed by atoms with Crippen molar-refractivity contribution in [1.82, 2.24) is 5.32 Å². The Hall–Kier alpha value is -1.09. The predicted molar refractivity (Wildman–Crippen MR) is 70.9 cm³/mol. The minimum Gasteiger partial charge on any atom is -0.505 e. The minimum absolute atomic E-state index is 0.216. The lowest BCUT2D eigenvalue weighted by molar-refractivity contribution is 0.410. The standard InChI is InChI=1S/C15H22FNO/c1-11-4-2-6-13(9-8-11)17-10-12-5-3-7-14(16)15(12)18/h3,5,7,11,13,17-18H,2,4,6,8-10H2,1H3.